The maximum Gasteiger partial charge on any atom is 0.227 e. The number of benzene rings is 1. The van der Waals surface area contributed by atoms with E-state index in [1.807, 2.05) is 4.90 Å². The zero-order valence-corrected chi connectivity index (χ0v) is 13.8. The molecular formula is C19H24N2O2. The van der Waals surface area contributed by atoms with Crippen LogP contribution in [0.15, 0.2) is 22.8 Å². The normalized spacial score (nSPS) is 26.9. The van der Waals surface area contributed by atoms with E-state index >= 15 is 0 Å². The molecule has 2 heterocycles. The van der Waals surface area contributed by atoms with Gasteiger partial charge in [-0.2, -0.15) is 0 Å². The number of carbonyl (C=O) groups is 1. The number of rotatable bonds is 2. The van der Waals surface area contributed by atoms with E-state index in [0.717, 1.165) is 36.0 Å². The molecule has 1 saturated heterocycles. The van der Waals surface area contributed by atoms with Gasteiger partial charge in [0.05, 0.1) is 12.7 Å². The molecule has 2 N–H and O–H groups in total. The van der Waals surface area contributed by atoms with Gasteiger partial charge in [0.25, 0.3) is 0 Å². The van der Waals surface area contributed by atoms with Gasteiger partial charge in [0.1, 0.15) is 5.58 Å². The Balaban J connectivity index is 1.52. The van der Waals surface area contributed by atoms with Crippen molar-refractivity contribution in [2.24, 2.45) is 17.6 Å². The number of hydrogen-bond acceptors (Lipinski definition) is 3. The Morgan fingerprint density at radius 3 is 2.83 bits per heavy atom. The van der Waals surface area contributed by atoms with E-state index < -0.39 is 0 Å². The van der Waals surface area contributed by atoms with Gasteiger partial charge in [-0.25, -0.2) is 0 Å². The predicted molar refractivity (Wildman–Crippen MR) is 90.2 cm³/mol. The third-order valence-electron chi connectivity index (χ3n) is 5.88. The van der Waals surface area contributed by atoms with Crippen LogP contribution in [-0.4, -0.2) is 29.9 Å². The zero-order chi connectivity index (χ0) is 16.1. The van der Waals surface area contributed by atoms with Crippen LogP contribution in [-0.2, 0) is 11.2 Å². The molecule has 23 heavy (non-hydrogen) atoms. The highest BCUT2D eigenvalue weighted by Gasteiger charge is 2.42. The molecule has 0 radical (unpaired) electrons. The molecule has 1 saturated carbocycles. The molecule has 1 aromatic carbocycles. The summed E-state index contributed by atoms with van der Waals surface area (Å²) in [7, 11) is 0. The number of nitrogens with zero attached hydrogens (tertiary/aromatic N) is 1. The number of hydrogen-bond donors (Lipinski definition) is 1. The van der Waals surface area contributed by atoms with Crippen molar-refractivity contribution in [2.75, 3.05) is 13.1 Å². The second kappa shape index (κ2) is 5.38. The maximum absolute atomic E-state index is 12.7. The van der Waals surface area contributed by atoms with E-state index in [2.05, 4.69) is 26.0 Å². The Kier molecular flexibility index (Phi) is 3.45. The van der Waals surface area contributed by atoms with Gasteiger partial charge in [-0.3, -0.25) is 4.79 Å². The second-order valence-corrected chi connectivity index (χ2v) is 7.33. The summed E-state index contributed by atoms with van der Waals surface area (Å²) in [4.78, 5) is 14.7. The molecule has 0 bridgehead atoms. The lowest BCUT2D eigenvalue weighted by molar-refractivity contribution is -0.129. The van der Waals surface area contributed by atoms with Gasteiger partial charge in [0.2, 0.25) is 5.91 Å². The van der Waals surface area contributed by atoms with Gasteiger partial charge in [-0.1, -0.05) is 0 Å². The van der Waals surface area contributed by atoms with E-state index in [4.69, 9.17) is 10.2 Å². The molecule has 0 spiro atoms. The molecule has 3 atom stereocenters. The summed E-state index contributed by atoms with van der Waals surface area (Å²) in [6.45, 7) is 5.88. The van der Waals surface area contributed by atoms with Crippen molar-refractivity contribution in [2.45, 2.75) is 39.2 Å². The first kappa shape index (κ1) is 14.8. The molecule has 2 aromatic rings. The van der Waals surface area contributed by atoms with Crippen molar-refractivity contribution >= 4 is 16.9 Å². The fourth-order valence-electron chi connectivity index (χ4n) is 4.26. The fraction of sp³-hybridized carbons (Fsp3) is 0.526. The van der Waals surface area contributed by atoms with Crippen LogP contribution in [0.2, 0.25) is 0 Å². The predicted octanol–water partition coefficient (Wildman–Crippen LogP) is 2.79. The molecule has 2 fully saturated rings. The van der Waals surface area contributed by atoms with E-state index in [9.17, 15) is 4.79 Å². The van der Waals surface area contributed by atoms with Crippen molar-refractivity contribution < 1.29 is 9.21 Å². The van der Waals surface area contributed by atoms with Gasteiger partial charge in [-0.15, -0.1) is 0 Å². The van der Waals surface area contributed by atoms with Gasteiger partial charge < -0.3 is 15.1 Å². The first-order valence-corrected chi connectivity index (χ1v) is 8.53. The van der Waals surface area contributed by atoms with Gasteiger partial charge in [-0.05, 0) is 61.8 Å². The van der Waals surface area contributed by atoms with Crippen LogP contribution >= 0.6 is 0 Å². The second-order valence-electron chi connectivity index (χ2n) is 7.33. The molecular weight excluding hydrogens is 288 g/mol. The standard InChI is InChI=1S/C19H24N2O2/c1-11-5-15-14(10-23-18(15)6-12(11)2)7-19(22)21-8-13-3-4-17(20)16(13)9-21/h5-6,10,13,16-17H,3-4,7-9,20H2,1-2H3. The minimum atomic E-state index is 0.201. The lowest BCUT2D eigenvalue weighted by atomic mass is 9.98. The van der Waals surface area contributed by atoms with Crippen LogP contribution in [0.1, 0.15) is 29.5 Å². The molecule has 4 nitrogen and oxygen atoms in total. The van der Waals surface area contributed by atoms with E-state index in [-0.39, 0.29) is 11.9 Å². The van der Waals surface area contributed by atoms with Crippen molar-refractivity contribution in [3.05, 3.63) is 35.1 Å². The summed E-state index contributed by atoms with van der Waals surface area (Å²) < 4.78 is 5.65. The van der Waals surface area contributed by atoms with Crippen molar-refractivity contribution in [3.63, 3.8) is 0 Å². The Morgan fingerprint density at radius 2 is 2.04 bits per heavy atom. The van der Waals surface area contributed by atoms with Crippen LogP contribution in [0.4, 0.5) is 0 Å². The summed E-state index contributed by atoms with van der Waals surface area (Å²) in [5.41, 5.74) is 10.5. The zero-order valence-electron chi connectivity index (χ0n) is 13.8. The number of carbonyl (C=O) groups excluding carboxylic acids is 1. The summed E-state index contributed by atoms with van der Waals surface area (Å²) in [6.07, 6.45) is 4.44. The molecule has 122 valence electrons. The monoisotopic (exact) mass is 312 g/mol. The van der Waals surface area contributed by atoms with Crippen LogP contribution < -0.4 is 5.73 Å². The molecule has 3 unspecified atom stereocenters. The summed E-state index contributed by atoms with van der Waals surface area (Å²) in [6, 6.07) is 4.46. The van der Waals surface area contributed by atoms with E-state index in [0.29, 0.717) is 18.3 Å². The summed E-state index contributed by atoms with van der Waals surface area (Å²) >= 11 is 0. The first-order chi connectivity index (χ1) is 11.0. The molecule has 4 rings (SSSR count). The first-order valence-electron chi connectivity index (χ1n) is 8.53. The Morgan fingerprint density at radius 1 is 1.26 bits per heavy atom. The van der Waals surface area contributed by atoms with Crippen molar-refractivity contribution in [3.8, 4) is 0 Å². The molecule has 4 heteroatoms. The van der Waals surface area contributed by atoms with E-state index in [1.165, 1.54) is 17.5 Å². The highest BCUT2D eigenvalue weighted by molar-refractivity contribution is 5.88. The quantitative estimate of drug-likeness (QED) is 0.927. The number of amides is 1. The number of furan rings is 1. The fourth-order valence-corrected chi connectivity index (χ4v) is 4.26. The minimum Gasteiger partial charge on any atom is -0.464 e. The van der Waals surface area contributed by atoms with Crippen molar-refractivity contribution in [1.82, 2.24) is 4.90 Å². The van der Waals surface area contributed by atoms with Crippen LogP contribution in [0.5, 0.6) is 0 Å². The summed E-state index contributed by atoms with van der Waals surface area (Å²) in [5.74, 6) is 1.32. The highest BCUT2D eigenvalue weighted by Crippen LogP contribution is 2.37. The molecule has 1 aliphatic heterocycles. The molecule has 1 amide bonds. The van der Waals surface area contributed by atoms with Crippen molar-refractivity contribution in [1.29, 1.82) is 0 Å². The largest absolute Gasteiger partial charge is 0.464 e. The van der Waals surface area contributed by atoms with Gasteiger partial charge in [0, 0.05) is 30.1 Å². The Hall–Kier alpha value is -1.81. The minimum absolute atomic E-state index is 0.201. The molecule has 1 aliphatic carbocycles. The average molecular weight is 312 g/mol. The van der Waals surface area contributed by atoms with Crippen LogP contribution in [0.25, 0.3) is 11.0 Å². The van der Waals surface area contributed by atoms with Crippen LogP contribution in [0, 0.1) is 25.7 Å². The Labute approximate surface area is 136 Å². The number of fused-ring (bicyclic) bond motifs is 2. The van der Waals surface area contributed by atoms with Gasteiger partial charge in [0.15, 0.2) is 0 Å². The SMILES string of the molecule is Cc1cc2occ(CC(=O)N3CC4CCC(N)C4C3)c2cc1C. The number of aryl methyl sites for hydroxylation is 2. The Bertz CT molecular complexity index is 764. The highest BCUT2D eigenvalue weighted by atomic mass is 16.3. The van der Waals surface area contributed by atoms with E-state index in [1.54, 1.807) is 6.26 Å². The molecule has 1 aromatic heterocycles. The smallest absolute Gasteiger partial charge is 0.227 e. The third kappa shape index (κ3) is 2.45. The van der Waals surface area contributed by atoms with Crippen LogP contribution in [0.3, 0.4) is 0 Å². The maximum atomic E-state index is 12.7. The van der Waals surface area contributed by atoms with Gasteiger partial charge >= 0.3 is 0 Å². The third-order valence-corrected chi connectivity index (χ3v) is 5.88. The number of likely N-dealkylation sites (tertiary alicyclic amines) is 1. The number of nitrogens with two attached hydrogens (primary N) is 1. The lowest BCUT2D eigenvalue weighted by Gasteiger charge is -2.18. The lowest BCUT2D eigenvalue weighted by Crippen LogP contribution is -2.34. The average Bonchev–Trinajstić information content (AvgIpc) is 3.18. The topological polar surface area (TPSA) is 59.5 Å². The molecule has 2 aliphatic rings. The summed E-state index contributed by atoms with van der Waals surface area (Å²) in [5, 5.41) is 1.07.